The Morgan fingerprint density at radius 1 is 1.39 bits per heavy atom. The molecule has 1 aromatic rings. The van der Waals surface area contributed by atoms with E-state index in [2.05, 4.69) is 29.1 Å². The van der Waals surface area contributed by atoms with Crippen LogP contribution >= 0.6 is 0 Å². The molecule has 1 saturated heterocycles. The molecule has 0 spiro atoms. The van der Waals surface area contributed by atoms with Crippen molar-refractivity contribution in [1.29, 1.82) is 0 Å². The van der Waals surface area contributed by atoms with Crippen molar-refractivity contribution < 1.29 is 4.39 Å². The van der Waals surface area contributed by atoms with Gasteiger partial charge in [-0.15, -0.1) is 0 Å². The van der Waals surface area contributed by atoms with E-state index in [-0.39, 0.29) is 5.82 Å². The molecule has 0 radical (unpaired) electrons. The minimum atomic E-state index is -0.165. The van der Waals surface area contributed by atoms with Crippen LogP contribution in [0, 0.1) is 5.82 Å². The van der Waals surface area contributed by atoms with E-state index in [4.69, 9.17) is 0 Å². The highest BCUT2D eigenvalue weighted by atomic mass is 19.1. The molecule has 3 nitrogen and oxygen atoms in total. The zero-order chi connectivity index (χ0) is 13.1. The van der Waals surface area contributed by atoms with E-state index in [1.807, 2.05) is 13.1 Å². The summed E-state index contributed by atoms with van der Waals surface area (Å²) >= 11 is 0. The summed E-state index contributed by atoms with van der Waals surface area (Å²) < 4.78 is 13.4. The number of hydrogen-bond donors (Lipinski definition) is 1. The lowest BCUT2D eigenvalue weighted by Gasteiger charge is -2.45. The van der Waals surface area contributed by atoms with Crippen molar-refractivity contribution >= 4 is 5.69 Å². The third-order valence-corrected chi connectivity index (χ3v) is 3.73. The largest absolute Gasteiger partial charge is 0.364 e. The molecule has 1 aliphatic heterocycles. The third kappa shape index (κ3) is 2.82. The molecule has 0 bridgehead atoms. The van der Waals surface area contributed by atoms with E-state index in [0.29, 0.717) is 12.1 Å². The minimum absolute atomic E-state index is 0.165. The first-order valence-electron chi connectivity index (χ1n) is 6.49. The lowest BCUT2D eigenvalue weighted by molar-refractivity contribution is 0.198. The molecule has 1 aliphatic rings. The summed E-state index contributed by atoms with van der Waals surface area (Å²) in [5.41, 5.74) is 0.982. The van der Waals surface area contributed by atoms with Crippen molar-refractivity contribution in [3.05, 3.63) is 30.1 Å². The predicted octanol–water partition coefficient (Wildman–Crippen LogP) is 1.55. The Labute approximate surface area is 109 Å². The number of likely N-dealkylation sites (N-methyl/N-ethyl adjacent to an activating group) is 2. The Kier molecular flexibility index (Phi) is 4.19. The Balaban J connectivity index is 2.22. The summed E-state index contributed by atoms with van der Waals surface area (Å²) in [7, 11) is 4.11. The van der Waals surface area contributed by atoms with Crippen molar-refractivity contribution in [2.75, 3.05) is 38.6 Å². The summed E-state index contributed by atoms with van der Waals surface area (Å²) in [6, 6.07) is 7.77. The van der Waals surface area contributed by atoms with Crippen molar-refractivity contribution in [3.63, 3.8) is 0 Å². The van der Waals surface area contributed by atoms with Gasteiger partial charge in [-0.25, -0.2) is 4.39 Å². The highest BCUT2D eigenvalue weighted by Gasteiger charge is 2.29. The fourth-order valence-corrected chi connectivity index (χ4v) is 2.57. The van der Waals surface area contributed by atoms with Crippen molar-refractivity contribution in [1.82, 2.24) is 10.2 Å². The normalized spacial score (nSPS) is 25.4. The van der Waals surface area contributed by atoms with Crippen LogP contribution in [-0.2, 0) is 0 Å². The van der Waals surface area contributed by atoms with Gasteiger partial charge in [-0.1, -0.05) is 6.07 Å². The molecule has 2 rings (SSSR count). The number of benzene rings is 1. The van der Waals surface area contributed by atoms with E-state index >= 15 is 0 Å². The second-order valence-electron chi connectivity index (χ2n) is 5.13. The number of nitrogens with zero attached hydrogens (tertiary/aromatic N) is 2. The maximum atomic E-state index is 13.4. The lowest BCUT2D eigenvalue weighted by Crippen LogP contribution is -2.58. The monoisotopic (exact) mass is 251 g/mol. The molecule has 1 N–H and O–H groups in total. The molecule has 0 amide bonds. The van der Waals surface area contributed by atoms with Crippen LogP contribution in [-0.4, -0.2) is 50.7 Å². The third-order valence-electron chi connectivity index (χ3n) is 3.73. The first-order chi connectivity index (χ1) is 8.61. The molecular weight excluding hydrogens is 229 g/mol. The summed E-state index contributed by atoms with van der Waals surface area (Å²) in [5.74, 6) is -0.165. The quantitative estimate of drug-likeness (QED) is 0.879. The first kappa shape index (κ1) is 13.3. The van der Waals surface area contributed by atoms with Crippen LogP contribution in [0.3, 0.4) is 0 Å². The van der Waals surface area contributed by atoms with Gasteiger partial charge in [0.25, 0.3) is 0 Å². The molecule has 1 aromatic carbocycles. The summed E-state index contributed by atoms with van der Waals surface area (Å²) in [4.78, 5) is 4.67. The van der Waals surface area contributed by atoms with E-state index in [0.717, 1.165) is 25.3 Å². The standard InChI is InChI=1S/C14H22FN3/c1-11-9-18(13-6-4-5-12(15)7-13)14(8-16-2)10-17(11)3/h4-7,11,14,16H,8-10H2,1-3H3. The van der Waals surface area contributed by atoms with Gasteiger partial charge in [-0.05, 0) is 39.2 Å². The molecule has 2 atom stereocenters. The maximum absolute atomic E-state index is 13.4. The second-order valence-corrected chi connectivity index (χ2v) is 5.13. The Morgan fingerprint density at radius 3 is 2.83 bits per heavy atom. The predicted molar refractivity (Wildman–Crippen MR) is 73.6 cm³/mol. The zero-order valence-corrected chi connectivity index (χ0v) is 11.4. The molecule has 0 saturated carbocycles. The topological polar surface area (TPSA) is 18.5 Å². The van der Waals surface area contributed by atoms with Gasteiger partial charge in [0.2, 0.25) is 0 Å². The number of hydrogen-bond acceptors (Lipinski definition) is 3. The fraction of sp³-hybridized carbons (Fsp3) is 0.571. The highest BCUT2D eigenvalue weighted by Crippen LogP contribution is 2.23. The first-order valence-corrected chi connectivity index (χ1v) is 6.49. The average molecular weight is 251 g/mol. The minimum Gasteiger partial charge on any atom is -0.364 e. The van der Waals surface area contributed by atoms with E-state index < -0.39 is 0 Å². The van der Waals surface area contributed by atoms with Crippen LogP contribution in [0.5, 0.6) is 0 Å². The lowest BCUT2D eigenvalue weighted by atomic mass is 10.1. The second kappa shape index (κ2) is 5.67. The van der Waals surface area contributed by atoms with Crippen LogP contribution in [0.2, 0.25) is 0 Å². The Bertz CT molecular complexity index is 396. The van der Waals surface area contributed by atoms with Gasteiger partial charge in [0.05, 0.1) is 6.04 Å². The summed E-state index contributed by atoms with van der Waals surface area (Å²) in [6.07, 6.45) is 0. The Morgan fingerprint density at radius 2 is 2.17 bits per heavy atom. The van der Waals surface area contributed by atoms with Crippen molar-refractivity contribution in [2.24, 2.45) is 0 Å². The number of piperazine rings is 1. The maximum Gasteiger partial charge on any atom is 0.125 e. The molecule has 18 heavy (non-hydrogen) atoms. The van der Waals surface area contributed by atoms with Crippen molar-refractivity contribution in [3.8, 4) is 0 Å². The van der Waals surface area contributed by atoms with Crippen LogP contribution in [0.1, 0.15) is 6.92 Å². The fourth-order valence-electron chi connectivity index (χ4n) is 2.57. The summed E-state index contributed by atoms with van der Waals surface area (Å²) in [5, 5.41) is 3.23. The highest BCUT2D eigenvalue weighted by molar-refractivity contribution is 5.48. The van der Waals surface area contributed by atoms with Crippen LogP contribution in [0.25, 0.3) is 0 Å². The van der Waals surface area contributed by atoms with Gasteiger partial charge in [0, 0.05) is 31.4 Å². The molecule has 1 heterocycles. The van der Waals surface area contributed by atoms with Gasteiger partial charge in [0.15, 0.2) is 0 Å². The smallest absolute Gasteiger partial charge is 0.125 e. The number of halogens is 1. The van der Waals surface area contributed by atoms with Crippen LogP contribution in [0.4, 0.5) is 10.1 Å². The molecular formula is C14H22FN3. The van der Waals surface area contributed by atoms with E-state index in [1.165, 1.54) is 6.07 Å². The van der Waals surface area contributed by atoms with Crippen LogP contribution in [0.15, 0.2) is 24.3 Å². The van der Waals surface area contributed by atoms with Crippen molar-refractivity contribution in [2.45, 2.75) is 19.0 Å². The molecule has 1 fully saturated rings. The molecule has 0 aromatic heterocycles. The van der Waals surface area contributed by atoms with E-state index in [9.17, 15) is 4.39 Å². The summed E-state index contributed by atoms with van der Waals surface area (Å²) in [6.45, 7) is 5.06. The van der Waals surface area contributed by atoms with Crippen LogP contribution < -0.4 is 10.2 Å². The van der Waals surface area contributed by atoms with Gasteiger partial charge in [-0.2, -0.15) is 0 Å². The average Bonchev–Trinajstić information content (AvgIpc) is 2.34. The molecule has 0 aliphatic carbocycles. The molecule has 4 heteroatoms. The van der Waals surface area contributed by atoms with E-state index in [1.54, 1.807) is 12.1 Å². The number of rotatable bonds is 3. The zero-order valence-electron chi connectivity index (χ0n) is 11.4. The Hall–Kier alpha value is -1.13. The van der Waals surface area contributed by atoms with Gasteiger partial charge in [0.1, 0.15) is 5.82 Å². The SMILES string of the molecule is CNCC1CN(C)C(C)CN1c1cccc(F)c1. The number of anilines is 1. The van der Waals surface area contributed by atoms with Gasteiger partial charge in [-0.3, -0.25) is 4.90 Å². The van der Waals surface area contributed by atoms with Gasteiger partial charge >= 0.3 is 0 Å². The number of nitrogens with one attached hydrogen (secondary N) is 1. The molecule has 100 valence electrons. The van der Waals surface area contributed by atoms with Gasteiger partial charge < -0.3 is 10.2 Å². The molecule has 2 unspecified atom stereocenters.